The lowest BCUT2D eigenvalue weighted by Crippen LogP contribution is -2.26. The van der Waals surface area contributed by atoms with Crippen molar-refractivity contribution in [2.24, 2.45) is 4.99 Å². The van der Waals surface area contributed by atoms with E-state index in [4.69, 9.17) is 19.1 Å². The van der Waals surface area contributed by atoms with Gasteiger partial charge in [-0.2, -0.15) is 13.2 Å². The lowest BCUT2D eigenvalue weighted by atomic mass is 10.0. The highest BCUT2D eigenvalue weighted by Gasteiger charge is 2.38. The van der Waals surface area contributed by atoms with E-state index in [1.165, 1.54) is 6.26 Å². The zero-order chi connectivity index (χ0) is 33.4. The minimum atomic E-state index is -5.08. The summed E-state index contributed by atoms with van der Waals surface area (Å²) in [5.41, 5.74) is 4.61. The summed E-state index contributed by atoms with van der Waals surface area (Å²) in [7, 11) is -2.24. The van der Waals surface area contributed by atoms with Gasteiger partial charge in [0.1, 0.15) is 23.6 Å². The third-order valence-corrected chi connectivity index (χ3v) is 8.52. The number of methoxy groups -OCH3 is 1. The number of hydrogen-bond donors (Lipinski definition) is 4. The first-order valence-electron chi connectivity index (χ1n) is 13.9. The van der Waals surface area contributed by atoms with Crippen molar-refractivity contribution in [3.8, 4) is 5.75 Å². The molecule has 45 heavy (non-hydrogen) atoms. The Morgan fingerprint density at radius 3 is 2.38 bits per heavy atom. The molecule has 11 nitrogen and oxygen atoms in total. The molecule has 0 radical (unpaired) electrons. The molecule has 244 valence electrons. The third kappa shape index (κ3) is 9.31. The average molecular weight is 653 g/mol. The second kappa shape index (κ2) is 15.1. The van der Waals surface area contributed by atoms with E-state index in [1.54, 1.807) is 33.1 Å². The average Bonchev–Trinajstić information content (AvgIpc) is 3.69. The van der Waals surface area contributed by atoms with Crippen LogP contribution in [-0.2, 0) is 34.2 Å². The van der Waals surface area contributed by atoms with Crippen LogP contribution in [0, 0.1) is 13.8 Å². The number of hydrogen-bond acceptors (Lipinski definition) is 8. The van der Waals surface area contributed by atoms with E-state index in [0.29, 0.717) is 47.6 Å². The first-order valence-corrected chi connectivity index (χ1v) is 15.4. The standard InChI is InChI=1S/C28H34N4O5S.C2HF3O2/c1-5-24-19(3)26(18(2)14-25(24)36-4)38(34,35)32-16-23-15-22(17-37-23)28(33)31-11-10-20-6-8-21(9-7-20)27-29-12-13-30-27;3-2(4,5)1(6)7/h6-9,14-15,17,32H,5,10-13,16H2,1-4H3,(H,29,30)(H,31,33);(H,6,7). The molecule has 0 fully saturated rings. The Morgan fingerprint density at radius 2 is 1.82 bits per heavy atom. The highest BCUT2D eigenvalue weighted by Crippen LogP contribution is 2.31. The Hall–Kier alpha value is -4.37. The molecular formula is C30H35F3N4O7S. The number of nitrogens with one attached hydrogen (secondary N) is 3. The van der Waals surface area contributed by atoms with E-state index in [2.05, 4.69) is 20.3 Å². The number of carboxylic acid groups (broad SMARTS) is 1. The maximum Gasteiger partial charge on any atom is 0.490 e. The number of halogens is 3. The van der Waals surface area contributed by atoms with E-state index in [9.17, 15) is 26.4 Å². The minimum Gasteiger partial charge on any atom is -0.496 e. The number of benzene rings is 2. The molecule has 1 aliphatic rings. The SMILES string of the molecule is CCc1c(OC)cc(C)c(S(=O)(=O)NCc2cc(C(=O)NCCc3ccc(C4=NCCN4)cc3)co2)c1C.O=C(O)C(F)(F)F. The molecule has 2 heterocycles. The molecule has 2 aromatic carbocycles. The number of alkyl halides is 3. The first-order chi connectivity index (χ1) is 21.2. The molecule has 0 bridgehead atoms. The number of amides is 1. The Kier molecular flexibility index (Phi) is 11.8. The van der Waals surface area contributed by atoms with E-state index >= 15 is 0 Å². The number of carbonyl (C=O) groups excluding carboxylic acids is 1. The largest absolute Gasteiger partial charge is 0.496 e. The Bertz CT molecular complexity index is 1650. The van der Waals surface area contributed by atoms with Crippen molar-refractivity contribution in [2.45, 2.75) is 51.2 Å². The van der Waals surface area contributed by atoms with E-state index < -0.39 is 22.2 Å². The van der Waals surface area contributed by atoms with Crippen molar-refractivity contribution in [1.29, 1.82) is 0 Å². The predicted molar refractivity (Wildman–Crippen MR) is 160 cm³/mol. The van der Waals surface area contributed by atoms with Gasteiger partial charge in [-0.3, -0.25) is 9.79 Å². The van der Waals surface area contributed by atoms with Gasteiger partial charge < -0.3 is 24.9 Å². The summed E-state index contributed by atoms with van der Waals surface area (Å²) >= 11 is 0. The van der Waals surface area contributed by atoms with Gasteiger partial charge in [0, 0.05) is 18.7 Å². The number of sulfonamides is 1. The molecule has 0 saturated carbocycles. The summed E-state index contributed by atoms with van der Waals surface area (Å²) in [4.78, 5) is 26.1. The Morgan fingerprint density at radius 1 is 1.16 bits per heavy atom. The Labute approximate surface area is 258 Å². The quantitative estimate of drug-likeness (QED) is 0.243. The molecule has 0 aliphatic carbocycles. The predicted octanol–water partition coefficient (Wildman–Crippen LogP) is 3.90. The van der Waals surface area contributed by atoms with Gasteiger partial charge in [-0.05, 0) is 61.1 Å². The van der Waals surface area contributed by atoms with Crippen molar-refractivity contribution in [3.05, 3.63) is 81.8 Å². The van der Waals surface area contributed by atoms with Crippen LogP contribution in [0.5, 0.6) is 5.75 Å². The summed E-state index contributed by atoms with van der Waals surface area (Å²) in [5, 5.41) is 13.3. The number of furan rings is 1. The fourth-order valence-corrected chi connectivity index (χ4v) is 6.16. The molecule has 4 N–H and O–H groups in total. The lowest BCUT2D eigenvalue weighted by Gasteiger charge is -2.17. The molecule has 15 heteroatoms. The van der Waals surface area contributed by atoms with Crippen molar-refractivity contribution in [3.63, 3.8) is 0 Å². The van der Waals surface area contributed by atoms with Crippen LogP contribution in [0.4, 0.5) is 13.2 Å². The van der Waals surface area contributed by atoms with Crippen molar-refractivity contribution in [2.75, 3.05) is 26.7 Å². The highest BCUT2D eigenvalue weighted by atomic mass is 32.2. The molecule has 1 amide bonds. The van der Waals surface area contributed by atoms with Crippen LogP contribution in [0.15, 0.2) is 57.0 Å². The number of nitrogens with zero attached hydrogens (tertiary/aromatic N) is 1. The molecule has 0 unspecified atom stereocenters. The molecule has 0 atom stereocenters. The molecule has 3 aromatic rings. The molecule has 0 spiro atoms. The molecule has 1 aromatic heterocycles. The maximum atomic E-state index is 13.1. The van der Waals surface area contributed by atoms with Gasteiger partial charge in [-0.15, -0.1) is 0 Å². The van der Waals surface area contributed by atoms with E-state index in [-0.39, 0.29) is 17.3 Å². The van der Waals surface area contributed by atoms with Crippen molar-refractivity contribution < 1.29 is 45.4 Å². The van der Waals surface area contributed by atoms with Crippen LogP contribution < -0.4 is 20.1 Å². The van der Waals surface area contributed by atoms with Crippen LogP contribution in [0.25, 0.3) is 0 Å². The minimum absolute atomic E-state index is 0.0749. The molecule has 1 aliphatic heterocycles. The summed E-state index contributed by atoms with van der Waals surface area (Å²) < 4.78 is 71.5. The second-order valence-corrected chi connectivity index (χ2v) is 11.7. The van der Waals surface area contributed by atoms with Crippen LogP contribution >= 0.6 is 0 Å². The van der Waals surface area contributed by atoms with Crippen LogP contribution in [0.1, 0.15) is 50.9 Å². The van der Waals surface area contributed by atoms with Gasteiger partial charge in [0.15, 0.2) is 0 Å². The summed E-state index contributed by atoms with van der Waals surface area (Å²) in [6.07, 6.45) is -2.42. The van der Waals surface area contributed by atoms with Crippen molar-refractivity contribution >= 4 is 27.7 Å². The van der Waals surface area contributed by atoms with Crippen molar-refractivity contribution in [1.82, 2.24) is 15.4 Å². The van der Waals surface area contributed by atoms with Crippen LogP contribution in [-0.4, -0.2) is 64.2 Å². The highest BCUT2D eigenvalue weighted by molar-refractivity contribution is 7.89. The van der Waals surface area contributed by atoms with Gasteiger partial charge in [0.2, 0.25) is 10.0 Å². The fourth-order valence-electron chi connectivity index (χ4n) is 4.68. The van der Waals surface area contributed by atoms with E-state index in [0.717, 1.165) is 35.6 Å². The monoisotopic (exact) mass is 652 g/mol. The number of ether oxygens (including phenoxy) is 1. The number of aliphatic carboxylic acids is 1. The number of aliphatic imine (C=N–C) groups is 1. The normalized spacial score (nSPS) is 12.9. The topological polar surface area (TPSA) is 159 Å². The van der Waals surface area contributed by atoms with Gasteiger partial charge in [0.05, 0.1) is 30.7 Å². The fraction of sp³-hybridized carbons (Fsp3) is 0.367. The van der Waals surface area contributed by atoms with Gasteiger partial charge in [-0.25, -0.2) is 17.9 Å². The number of aryl methyl sites for hydroxylation is 1. The zero-order valence-corrected chi connectivity index (χ0v) is 26.0. The smallest absolute Gasteiger partial charge is 0.490 e. The van der Waals surface area contributed by atoms with Gasteiger partial charge in [0.25, 0.3) is 5.91 Å². The van der Waals surface area contributed by atoms with Gasteiger partial charge in [-0.1, -0.05) is 31.2 Å². The number of carboxylic acids is 1. The molecule has 4 rings (SSSR count). The maximum absolute atomic E-state index is 13.1. The first kappa shape index (κ1) is 35.1. The molecule has 0 saturated heterocycles. The summed E-state index contributed by atoms with van der Waals surface area (Å²) in [6.45, 7) is 7.54. The zero-order valence-electron chi connectivity index (χ0n) is 25.2. The summed E-state index contributed by atoms with van der Waals surface area (Å²) in [5.74, 6) is -1.09. The summed E-state index contributed by atoms with van der Waals surface area (Å²) in [6, 6.07) is 11.4. The second-order valence-electron chi connectivity index (χ2n) is 9.97. The lowest BCUT2D eigenvalue weighted by molar-refractivity contribution is -0.192. The van der Waals surface area contributed by atoms with Gasteiger partial charge >= 0.3 is 12.1 Å². The third-order valence-electron chi connectivity index (χ3n) is 6.83. The number of carbonyl (C=O) groups is 2. The van der Waals surface area contributed by atoms with E-state index in [1.807, 2.05) is 31.2 Å². The Balaban J connectivity index is 0.000000707. The number of rotatable bonds is 11. The number of amidine groups is 1. The van der Waals surface area contributed by atoms with Crippen LogP contribution in [0.3, 0.4) is 0 Å². The molecular weight excluding hydrogens is 617 g/mol. The van der Waals surface area contributed by atoms with Crippen LogP contribution in [0.2, 0.25) is 0 Å².